The van der Waals surface area contributed by atoms with E-state index >= 15 is 0 Å². The molecule has 4 heteroatoms. The Morgan fingerprint density at radius 3 is 3.00 bits per heavy atom. The van der Waals surface area contributed by atoms with Crippen molar-refractivity contribution in [2.24, 2.45) is 11.8 Å². The fraction of sp³-hybridized carbons (Fsp3) is 0.600. The summed E-state index contributed by atoms with van der Waals surface area (Å²) in [5.74, 6) is 7.28. The molecule has 0 saturated carbocycles. The van der Waals surface area contributed by atoms with E-state index < -0.39 is 0 Å². The summed E-state index contributed by atoms with van der Waals surface area (Å²) in [7, 11) is 0. The first-order valence-corrected chi connectivity index (χ1v) is 7.18. The summed E-state index contributed by atoms with van der Waals surface area (Å²) in [4.78, 5) is 0. The maximum Gasteiger partial charge on any atom is 0.127 e. The molecule has 2 unspecified atom stereocenters. The van der Waals surface area contributed by atoms with Crippen LogP contribution in [0.2, 0.25) is 0 Å². The zero-order valence-corrected chi connectivity index (χ0v) is 11.2. The maximum atomic E-state index is 5.89. The highest BCUT2D eigenvalue weighted by Crippen LogP contribution is 2.37. The Kier molecular flexibility index (Phi) is 4.01. The van der Waals surface area contributed by atoms with Crippen LogP contribution in [0.25, 0.3) is 0 Å². The zero-order chi connectivity index (χ0) is 13.1. The molecule has 1 fully saturated rings. The van der Waals surface area contributed by atoms with E-state index in [1.165, 1.54) is 11.1 Å². The van der Waals surface area contributed by atoms with Gasteiger partial charge in [-0.15, -0.1) is 0 Å². The van der Waals surface area contributed by atoms with Gasteiger partial charge in [0.05, 0.1) is 19.3 Å². The van der Waals surface area contributed by atoms with E-state index in [0.29, 0.717) is 5.92 Å². The molecule has 0 spiro atoms. The molecule has 2 aliphatic heterocycles. The minimum Gasteiger partial charge on any atom is -0.493 e. The predicted molar refractivity (Wildman–Crippen MR) is 73.9 cm³/mol. The van der Waals surface area contributed by atoms with Gasteiger partial charge in [-0.2, -0.15) is 0 Å². The van der Waals surface area contributed by atoms with E-state index in [-0.39, 0.29) is 6.04 Å². The van der Waals surface area contributed by atoms with Crippen molar-refractivity contribution in [1.29, 1.82) is 0 Å². The number of nitrogens with two attached hydrogens (primary N) is 1. The fourth-order valence-corrected chi connectivity index (χ4v) is 3.17. The van der Waals surface area contributed by atoms with Crippen molar-refractivity contribution in [2.75, 3.05) is 19.8 Å². The van der Waals surface area contributed by atoms with Crippen molar-refractivity contribution in [2.45, 2.75) is 31.7 Å². The number of benzene rings is 1. The first-order chi connectivity index (χ1) is 9.40. The van der Waals surface area contributed by atoms with Gasteiger partial charge in [-0.05, 0) is 31.2 Å². The molecule has 1 saturated heterocycles. The lowest BCUT2D eigenvalue weighted by Crippen LogP contribution is -2.37. The Morgan fingerprint density at radius 2 is 2.21 bits per heavy atom. The third-order valence-corrected chi connectivity index (χ3v) is 4.15. The molecule has 3 rings (SSSR count). The molecule has 0 radical (unpaired) electrons. The third kappa shape index (κ3) is 2.61. The van der Waals surface area contributed by atoms with E-state index in [0.717, 1.165) is 51.3 Å². The molecule has 0 aliphatic carbocycles. The van der Waals surface area contributed by atoms with Crippen LogP contribution in [0, 0.1) is 5.92 Å². The van der Waals surface area contributed by atoms with Crippen LogP contribution in [-0.4, -0.2) is 19.8 Å². The highest BCUT2D eigenvalue weighted by atomic mass is 16.5. The Morgan fingerprint density at radius 1 is 1.26 bits per heavy atom. The number of nitrogens with one attached hydrogen (secondary N) is 1. The van der Waals surface area contributed by atoms with Crippen molar-refractivity contribution >= 4 is 0 Å². The Labute approximate surface area is 114 Å². The number of ether oxygens (including phenoxy) is 2. The summed E-state index contributed by atoms with van der Waals surface area (Å²) in [5, 5.41) is 0. The molecular formula is C15H22N2O2. The van der Waals surface area contributed by atoms with Gasteiger partial charge in [0.25, 0.3) is 0 Å². The standard InChI is InChI=1S/C15H22N2O2/c16-17-14(12-6-2-8-18-10-12)13-7-1-4-11-5-3-9-19-15(11)13/h1,4,7,12,14,17H,2-3,5-6,8-10,16H2. The Balaban J connectivity index is 1.90. The van der Waals surface area contributed by atoms with Gasteiger partial charge in [0.2, 0.25) is 0 Å². The maximum absolute atomic E-state index is 5.89. The van der Waals surface area contributed by atoms with Crippen molar-refractivity contribution in [1.82, 2.24) is 5.43 Å². The number of hydrazine groups is 1. The van der Waals surface area contributed by atoms with Gasteiger partial charge in [0.1, 0.15) is 5.75 Å². The fourth-order valence-electron chi connectivity index (χ4n) is 3.17. The topological polar surface area (TPSA) is 56.5 Å². The summed E-state index contributed by atoms with van der Waals surface area (Å²) in [6.07, 6.45) is 4.46. The van der Waals surface area contributed by atoms with Crippen LogP contribution >= 0.6 is 0 Å². The number of rotatable bonds is 3. The molecule has 2 heterocycles. The summed E-state index contributed by atoms with van der Waals surface area (Å²) in [6, 6.07) is 6.51. The normalized spacial score (nSPS) is 24.4. The van der Waals surface area contributed by atoms with Gasteiger partial charge in [-0.3, -0.25) is 11.3 Å². The van der Waals surface area contributed by atoms with Crippen molar-refractivity contribution in [3.05, 3.63) is 29.3 Å². The molecular weight excluding hydrogens is 240 g/mol. The van der Waals surface area contributed by atoms with Crippen LogP contribution in [-0.2, 0) is 11.2 Å². The minimum absolute atomic E-state index is 0.119. The molecule has 0 bridgehead atoms. The van der Waals surface area contributed by atoms with Crippen LogP contribution in [0.4, 0.5) is 0 Å². The molecule has 4 nitrogen and oxygen atoms in total. The van der Waals surface area contributed by atoms with Gasteiger partial charge in [-0.25, -0.2) is 0 Å². The number of fused-ring (bicyclic) bond motifs is 1. The highest BCUT2D eigenvalue weighted by Gasteiger charge is 2.28. The zero-order valence-electron chi connectivity index (χ0n) is 11.2. The average molecular weight is 262 g/mol. The highest BCUT2D eigenvalue weighted by molar-refractivity contribution is 5.44. The van der Waals surface area contributed by atoms with Crippen molar-refractivity contribution < 1.29 is 9.47 Å². The molecule has 104 valence electrons. The van der Waals surface area contributed by atoms with Gasteiger partial charge in [0, 0.05) is 18.1 Å². The van der Waals surface area contributed by atoms with E-state index in [4.69, 9.17) is 15.3 Å². The molecule has 3 N–H and O–H groups in total. The first kappa shape index (κ1) is 12.9. The largest absolute Gasteiger partial charge is 0.493 e. The minimum atomic E-state index is 0.119. The smallest absolute Gasteiger partial charge is 0.127 e. The molecule has 1 aromatic carbocycles. The SMILES string of the molecule is NNC(c1cccc2c1OCCC2)C1CCCOC1. The molecule has 2 aliphatic rings. The first-order valence-electron chi connectivity index (χ1n) is 7.18. The summed E-state index contributed by atoms with van der Waals surface area (Å²) >= 11 is 0. The van der Waals surface area contributed by atoms with Gasteiger partial charge < -0.3 is 9.47 Å². The van der Waals surface area contributed by atoms with Crippen molar-refractivity contribution in [3.63, 3.8) is 0 Å². The monoisotopic (exact) mass is 262 g/mol. The number of aryl methyl sites for hydroxylation is 1. The summed E-state index contributed by atoms with van der Waals surface area (Å²) < 4.78 is 11.5. The number of para-hydroxylation sites is 1. The Bertz CT molecular complexity index is 430. The van der Waals surface area contributed by atoms with E-state index in [1.807, 2.05) is 0 Å². The summed E-state index contributed by atoms with van der Waals surface area (Å²) in [5.41, 5.74) is 5.47. The van der Waals surface area contributed by atoms with Crippen LogP contribution in [0.1, 0.15) is 36.4 Å². The number of hydrogen-bond acceptors (Lipinski definition) is 4. The number of hydrogen-bond donors (Lipinski definition) is 2. The lowest BCUT2D eigenvalue weighted by molar-refractivity contribution is 0.0384. The lowest BCUT2D eigenvalue weighted by Gasteiger charge is -2.32. The van der Waals surface area contributed by atoms with Gasteiger partial charge in [-0.1, -0.05) is 18.2 Å². The predicted octanol–water partition coefficient (Wildman–Crippen LogP) is 1.94. The molecule has 0 aromatic heterocycles. The van der Waals surface area contributed by atoms with Crippen LogP contribution < -0.4 is 16.0 Å². The third-order valence-electron chi connectivity index (χ3n) is 4.15. The van der Waals surface area contributed by atoms with Gasteiger partial charge in [0.15, 0.2) is 0 Å². The Hall–Kier alpha value is -1.10. The van der Waals surface area contributed by atoms with E-state index in [2.05, 4.69) is 23.6 Å². The second-order valence-electron chi connectivity index (χ2n) is 5.41. The molecule has 19 heavy (non-hydrogen) atoms. The second kappa shape index (κ2) is 5.90. The van der Waals surface area contributed by atoms with E-state index in [9.17, 15) is 0 Å². The van der Waals surface area contributed by atoms with Crippen LogP contribution in [0.5, 0.6) is 5.75 Å². The molecule has 0 amide bonds. The van der Waals surface area contributed by atoms with Gasteiger partial charge >= 0.3 is 0 Å². The average Bonchev–Trinajstić information content (AvgIpc) is 2.49. The second-order valence-corrected chi connectivity index (χ2v) is 5.41. The van der Waals surface area contributed by atoms with Crippen LogP contribution in [0.3, 0.4) is 0 Å². The molecule has 1 aromatic rings. The molecule has 2 atom stereocenters. The van der Waals surface area contributed by atoms with E-state index in [1.54, 1.807) is 0 Å². The van der Waals surface area contributed by atoms with Crippen molar-refractivity contribution in [3.8, 4) is 5.75 Å². The lowest BCUT2D eigenvalue weighted by atomic mass is 9.87. The van der Waals surface area contributed by atoms with Crippen LogP contribution in [0.15, 0.2) is 18.2 Å². The summed E-state index contributed by atoms with van der Waals surface area (Å²) in [6.45, 7) is 2.46. The quantitative estimate of drug-likeness (QED) is 0.645.